The summed E-state index contributed by atoms with van der Waals surface area (Å²) < 4.78 is 11.7. The highest BCUT2D eigenvalue weighted by atomic mass is 16.5. The van der Waals surface area contributed by atoms with Crippen molar-refractivity contribution in [3.63, 3.8) is 0 Å². The van der Waals surface area contributed by atoms with Gasteiger partial charge in [0, 0.05) is 18.0 Å². The van der Waals surface area contributed by atoms with Gasteiger partial charge < -0.3 is 15.2 Å². The van der Waals surface area contributed by atoms with Crippen LogP contribution in [0.25, 0.3) is 0 Å². The van der Waals surface area contributed by atoms with Crippen molar-refractivity contribution in [2.24, 2.45) is 11.7 Å². The van der Waals surface area contributed by atoms with E-state index < -0.39 is 0 Å². The number of hydrogen-bond acceptors (Lipinski definition) is 3. The van der Waals surface area contributed by atoms with Gasteiger partial charge in [-0.1, -0.05) is 6.92 Å². The third-order valence-corrected chi connectivity index (χ3v) is 4.88. The van der Waals surface area contributed by atoms with E-state index >= 15 is 0 Å². The summed E-state index contributed by atoms with van der Waals surface area (Å²) in [6.45, 7) is 2.26. The van der Waals surface area contributed by atoms with Gasteiger partial charge in [0.15, 0.2) is 0 Å². The maximum atomic E-state index is 6.42. The third kappa shape index (κ3) is 2.00. The van der Waals surface area contributed by atoms with Gasteiger partial charge in [0.25, 0.3) is 0 Å². The van der Waals surface area contributed by atoms with Crippen molar-refractivity contribution in [3.05, 3.63) is 23.8 Å². The average molecular weight is 261 g/mol. The number of fused-ring (bicyclic) bond motifs is 1. The number of nitrogens with two attached hydrogens (primary N) is 1. The molecule has 19 heavy (non-hydrogen) atoms. The normalized spacial score (nSPS) is 33.0. The maximum absolute atomic E-state index is 6.42. The molecule has 0 bridgehead atoms. The zero-order valence-corrected chi connectivity index (χ0v) is 11.8. The lowest BCUT2D eigenvalue weighted by atomic mass is 9.79. The fraction of sp³-hybridized carbons (Fsp3) is 0.625. The molecule has 2 aliphatic rings. The van der Waals surface area contributed by atoms with E-state index in [-0.39, 0.29) is 11.6 Å². The maximum Gasteiger partial charge on any atom is 0.125 e. The van der Waals surface area contributed by atoms with Gasteiger partial charge in [-0.15, -0.1) is 0 Å². The monoisotopic (exact) mass is 261 g/mol. The van der Waals surface area contributed by atoms with E-state index in [0.717, 1.165) is 29.9 Å². The minimum absolute atomic E-state index is 0.0181. The Morgan fingerprint density at radius 2 is 2.32 bits per heavy atom. The van der Waals surface area contributed by atoms with Crippen LogP contribution in [0.15, 0.2) is 18.2 Å². The highest BCUT2D eigenvalue weighted by molar-refractivity contribution is 5.44. The smallest absolute Gasteiger partial charge is 0.125 e. The first kappa shape index (κ1) is 12.8. The van der Waals surface area contributed by atoms with Crippen molar-refractivity contribution in [1.82, 2.24) is 0 Å². The molecule has 0 aromatic heterocycles. The van der Waals surface area contributed by atoms with Gasteiger partial charge in [0.05, 0.1) is 7.11 Å². The summed E-state index contributed by atoms with van der Waals surface area (Å²) in [7, 11) is 1.68. The molecular weight excluding hydrogens is 238 g/mol. The van der Waals surface area contributed by atoms with E-state index in [1.165, 1.54) is 19.3 Å². The third-order valence-electron chi connectivity index (χ3n) is 4.88. The fourth-order valence-corrected chi connectivity index (χ4v) is 3.87. The second kappa shape index (κ2) is 4.71. The van der Waals surface area contributed by atoms with E-state index in [1.54, 1.807) is 7.11 Å². The minimum Gasteiger partial charge on any atom is -0.497 e. The standard InChI is InChI=1S/C16H23NO2/c1-3-11-5-4-8-16(11)10-14(17)13-9-12(18-2)6-7-15(13)19-16/h6-7,9,11,14H,3-5,8,10,17H2,1-2H3/t11?,14-,16?/m1/s1. The van der Waals surface area contributed by atoms with Crippen molar-refractivity contribution < 1.29 is 9.47 Å². The van der Waals surface area contributed by atoms with E-state index in [9.17, 15) is 0 Å². The molecule has 3 rings (SSSR count). The van der Waals surface area contributed by atoms with E-state index in [2.05, 4.69) is 6.92 Å². The van der Waals surface area contributed by atoms with Crippen LogP contribution < -0.4 is 15.2 Å². The van der Waals surface area contributed by atoms with Crippen LogP contribution in [-0.2, 0) is 0 Å². The molecule has 1 saturated carbocycles. The zero-order valence-electron chi connectivity index (χ0n) is 11.8. The Labute approximate surface area is 115 Å². The molecule has 0 amide bonds. The molecule has 0 saturated heterocycles. The van der Waals surface area contributed by atoms with Crippen molar-refractivity contribution in [2.45, 2.75) is 50.7 Å². The summed E-state index contributed by atoms with van der Waals surface area (Å²) >= 11 is 0. The Morgan fingerprint density at radius 1 is 1.47 bits per heavy atom. The van der Waals surface area contributed by atoms with Crippen LogP contribution in [0.3, 0.4) is 0 Å². The lowest BCUT2D eigenvalue weighted by Gasteiger charge is -2.42. The van der Waals surface area contributed by atoms with Gasteiger partial charge in [-0.2, -0.15) is 0 Å². The van der Waals surface area contributed by atoms with E-state index in [4.69, 9.17) is 15.2 Å². The zero-order chi connectivity index (χ0) is 13.5. The summed E-state index contributed by atoms with van der Waals surface area (Å²) in [4.78, 5) is 0. The van der Waals surface area contributed by atoms with Crippen LogP contribution in [0.1, 0.15) is 50.6 Å². The van der Waals surface area contributed by atoms with Gasteiger partial charge in [0.1, 0.15) is 17.1 Å². The van der Waals surface area contributed by atoms with Crippen LogP contribution in [0, 0.1) is 5.92 Å². The SMILES string of the molecule is CCC1CCCC12C[C@@H](N)c1cc(OC)ccc1O2. The summed E-state index contributed by atoms with van der Waals surface area (Å²) in [6, 6.07) is 6.05. The molecule has 1 aliphatic heterocycles. The van der Waals surface area contributed by atoms with E-state index in [1.807, 2.05) is 18.2 Å². The quantitative estimate of drug-likeness (QED) is 0.887. The molecule has 2 unspecified atom stereocenters. The molecular formula is C16H23NO2. The molecule has 3 atom stereocenters. The lowest BCUT2D eigenvalue weighted by Crippen LogP contribution is -2.45. The average Bonchev–Trinajstić information content (AvgIpc) is 2.80. The molecule has 2 N–H and O–H groups in total. The van der Waals surface area contributed by atoms with Crippen molar-refractivity contribution in [1.29, 1.82) is 0 Å². The Morgan fingerprint density at radius 3 is 3.05 bits per heavy atom. The fourth-order valence-electron chi connectivity index (χ4n) is 3.87. The number of rotatable bonds is 2. The van der Waals surface area contributed by atoms with Crippen molar-refractivity contribution in [2.75, 3.05) is 7.11 Å². The Kier molecular flexibility index (Phi) is 3.17. The van der Waals surface area contributed by atoms with Crippen LogP contribution >= 0.6 is 0 Å². The molecule has 3 nitrogen and oxygen atoms in total. The summed E-state index contributed by atoms with van der Waals surface area (Å²) in [5.41, 5.74) is 7.48. The number of benzene rings is 1. The summed E-state index contributed by atoms with van der Waals surface area (Å²) in [5.74, 6) is 2.46. The molecule has 1 heterocycles. The topological polar surface area (TPSA) is 44.5 Å². The second-order valence-corrected chi connectivity index (χ2v) is 5.88. The highest BCUT2D eigenvalue weighted by Gasteiger charge is 2.48. The first-order valence-electron chi connectivity index (χ1n) is 7.31. The van der Waals surface area contributed by atoms with Gasteiger partial charge >= 0.3 is 0 Å². The molecule has 1 aliphatic carbocycles. The molecule has 3 heteroatoms. The Bertz CT molecular complexity index is 474. The van der Waals surface area contributed by atoms with Gasteiger partial charge in [0.2, 0.25) is 0 Å². The predicted octanol–water partition coefficient (Wildman–Crippen LogP) is 3.43. The van der Waals surface area contributed by atoms with Crippen LogP contribution in [0.5, 0.6) is 11.5 Å². The second-order valence-electron chi connectivity index (χ2n) is 5.88. The molecule has 1 aromatic carbocycles. The summed E-state index contributed by atoms with van der Waals surface area (Å²) in [5, 5.41) is 0. The lowest BCUT2D eigenvalue weighted by molar-refractivity contribution is -0.00104. The van der Waals surface area contributed by atoms with Gasteiger partial charge in [-0.3, -0.25) is 0 Å². The van der Waals surface area contributed by atoms with Crippen molar-refractivity contribution in [3.8, 4) is 11.5 Å². The highest BCUT2D eigenvalue weighted by Crippen LogP contribution is 2.50. The Hall–Kier alpha value is -1.22. The summed E-state index contributed by atoms with van der Waals surface area (Å²) in [6.07, 6.45) is 5.79. The number of methoxy groups -OCH3 is 1. The Balaban J connectivity index is 1.96. The molecule has 1 spiro atoms. The van der Waals surface area contributed by atoms with Gasteiger partial charge in [-0.05, 0) is 49.8 Å². The van der Waals surface area contributed by atoms with Crippen molar-refractivity contribution >= 4 is 0 Å². The van der Waals surface area contributed by atoms with Crippen LogP contribution in [-0.4, -0.2) is 12.7 Å². The largest absolute Gasteiger partial charge is 0.497 e. The number of ether oxygens (including phenoxy) is 2. The van der Waals surface area contributed by atoms with Gasteiger partial charge in [-0.25, -0.2) is 0 Å². The predicted molar refractivity (Wildman–Crippen MR) is 75.5 cm³/mol. The van der Waals surface area contributed by atoms with Crippen LogP contribution in [0.2, 0.25) is 0 Å². The minimum atomic E-state index is -0.0181. The first-order chi connectivity index (χ1) is 9.18. The molecule has 1 aromatic rings. The molecule has 0 radical (unpaired) electrons. The van der Waals surface area contributed by atoms with E-state index in [0.29, 0.717) is 5.92 Å². The molecule has 1 fully saturated rings. The van der Waals surface area contributed by atoms with Crippen LogP contribution in [0.4, 0.5) is 0 Å². The number of hydrogen-bond donors (Lipinski definition) is 1. The molecule has 104 valence electrons. The first-order valence-corrected chi connectivity index (χ1v) is 7.31.